The first kappa shape index (κ1) is 31.7. The molecule has 43 heavy (non-hydrogen) atoms. The van der Waals surface area contributed by atoms with Crippen LogP contribution in [-0.4, -0.2) is 90.8 Å². The number of carbonyl (C=O) groups excluding carboxylic acids is 3. The summed E-state index contributed by atoms with van der Waals surface area (Å²) in [4.78, 5) is 43.7. The molecule has 14 heteroatoms. The van der Waals surface area contributed by atoms with Crippen LogP contribution < -0.4 is 10.6 Å². The summed E-state index contributed by atoms with van der Waals surface area (Å²) in [7, 11) is 3.50. The van der Waals surface area contributed by atoms with Crippen molar-refractivity contribution in [2.45, 2.75) is 25.4 Å². The average molecular weight is 619 g/mol. The van der Waals surface area contributed by atoms with Crippen molar-refractivity contribution in [3.8, 4) is 11.3 Å². The molecule has 0 unspecified atom stereocenters. The molecule has 4 rings (SSSR count). The van der Waals surface area contributed by atoms with Crippen molar-refractivity contribution in [3.05, 3.63) is 70.8 Å². The third-order valence-corrected chi connectivity index (χ3v) is 7.56. The number of hydrogen-bond donors (Lipinski definition) is 2. The Morgan fingerprint density at radius 2 is 1.86 bits per heavy atom. The number of anilines is 1. The Morgan fingerprint density at radius 1 is 1.12 bits per heavy atom. The van der Waals surface area contributed by atoms with Gasteiger partial charge in [-0.3, -0.25) is 10.1 Å². The lowest BCUT2D eigenvalue weighted by Gasteiger charge is -2.33. The molecule has 0 saturated carbocycles. The average Bonchev–Trinajstić information content (AvgIpc) is 3.46. The molecule has 1 fully saturated rings. The van der Waals surface area contributed by atoms with E-state index in [2.05, 4.69) is 20.7 Å². The van der Waals surface area contributed by atoms with Gasteiger partial charge in [0, 0.05) is 57.8 Å². The van der Waals surface area contributed by atoms with Gasteiger partial charge >= 0.3 is 12.1 Å². The minimum absolute atomic E-state index is 0.0240. The number of rotatable bonds is 10. The molecule has 2 heterocycles. The van der Waals surface area contributed by atoms with Crippen molar-refractivity contribution >= 4 is 35.5 Å². The highest BCUT2D eigenvalue weighted by atomic mass is 35.5. The molecule has 11 nitrogen and oxygen atoms in total. The zero-order chi connectivity index (χ0) is 30.9. The number of nitrogens with zero attached hydrogens (tertiary/aromatic N) is 4. The fourth-order valence-corrected chi connectivity index (χ4v) is 4.66. The molecule has 2 N–H and O–H groups in total. The summed E-state index contributed by atoms with van der Waals surface area (Å²) in [5.74, 6) is -1.13. The summed E-state index contributed by atoms with van der Waals surface area (Å²) in [5, 5.41) is 8.84. The Hall–Kier alpha value is -4.23. The van der Waals surface area contributed by atoms with Crippen LogP contribution in [0.2, 0.25) is 5.02 Å². The first-order chi connectivity index (χ1) is 20.6. The first-order valence-corrected chi connectivity index (χ1v) is 14.0. The molecule has 2 aromatic carbocycles. The molecule has 0 bridgehead atoms. The van der Waals surface area contributed by atoms with Gasteiger partial charge in [0.1, 0.15) is 23.9 Å². The van der Waals surface area contributed by atoms with Gasteiger partial charge < -0.3 is 29.3 Å². The van der Waals surface area contributed by atoms with E-state index >= 15 is 0 Å². The Balaban J connectivity index is 1.36. The van der Waals surface area contributed by atoms with Crippen LogP contribution in [0.4, 0.5) is 24.3 Å². The van der Waals surface area contributed by atoms with Crippen LogP contribution in [0.5, 0.6) is 0 Å². The fraction of sp³-hybridized carbons (Fsp3) is 0.379. The molecule has 1 aliphatic heterocycles. The van der Waals surface area contributed by atoms with Crippen LogP contribution in [0.15, 0.2) is 53.1 Å². The van der Waals surface area contributed by atoms with Gasteiger partial charge in [0.15, 0.2) is 0 Å². The number of halogens is 3. The van der Waals surface area contributed by atoms with E-state index in [1.54, 1.807) is 17.0 Å². The number of piperazine rings is 1. The summed E-state index contributed by atoms with van der Waals surface area (Å²) in [5.41, 5.74) is 1.16. The number of likely N-dealkylation sites (N-methyl/N-ethyl adjacent to an activating group) is 2. The molecule has 0 spiro atoms. The van der Waals surface area contributed by atoms with Crippen molar-refractivity contribution in [1.82, 2.24) is 25.2 Å². The Morgan fingerprint density at radius 3 is 2.60 bits per heavy atom. The number of carbonyl (C=O) groups is 3. The first-order valence-electron chi connectivity index (χ1n) is 13.7. The second-order valence-corrected chi connectivity index (χ2v) is 10.5. The van der Waals surface area contributed by atoms with E-state index < -0.39 is 29.8 Å². The molecule has 1 atom stereocenters. The van der Waals surface area contributed by atoms with E-state index in [9.17, 15) is 23.2 Å². The maximum atomic E-state index is 13.8. The van der Waals surface area contributed by atoms with Gasteiger partial charge in [0.25, 0.3) is 0 Å². The standard InChI is InChI=1S/C29H33ClF2N6O5/c1-36-11-13-38(14-12-36)26(39)10-9-22(37(2)28(40)33-17-20-6-4-8-23(32)27(20)30)18-42-29(41)34-25-16-24(35-43-25)19-5-3-7-21(31)15-19/h3-8,15-16,22H,9-14,17-18H2,1-2H3,(H,33,40)(H,34,41)/t22-/m0/s1. The highest BCUT2D eigenvalue weighted by Crippen LogP contribution is 2.23. The summed E-state index contributed by atoms with van der Waals surface area (Å²) in [6, 6.07) is 10.2. The van der Waals surface area contributed by atoms with Gasteiger partial charge in [-0.2, -0.15) is 0 Å². The smallest absolute Gasteiger partial charge is 0.414 e. The van der Waals surface area contributed by atoms with Crippen molar-refractivity contribution in [3.63, 3.8) is 0 Å². The van der Waals surface area contributed by atoms with Crippen LogP contribution in [0.25, 0.3) is 11.3 Å². The molecular weight excluding hydrogens is 586 g/mol. The van der Waals surface area contributed by atoms with E-state index in [1.807, 2.05) is 7.05 Å². The number of aromatic nitrogens is 1. The predicted octanol–water partition coefficient (Wildman–Crippen LogP) is 4.59. The van der Waals surface area contributed by atoms with Crippen molar-refractivity contribution < 1.29 is 32.4 Å². The number of amides is 4. The van der Waals surface area contributed by atoms with E-state index in [4.69, 9.17) is 20.9 Å². The quantitative estimate of drug-likeness (QED) is 0.341. The highest BCUT2D eigenvalue weighted by molar-refractivity contribution is 6.31. The van der Waals surface area contributed by atoms with Crippen molar-refractivity contribution in [2.75, 3.05) is 52.2 Å². The molecule has 0 radical (unpaired) electrons. The summed E-state index contributed by atoms with van der Waals surface area (Å²) in [6.07, 6.45) is -0.529. The van der Waals surface area contributed by atoms with Gasteiger partial charge in [-0.25, -0.2) is 18.4 Å². The zero-order valence-electron chi connectivity index (χ0n) is 23.8. The van der Waals surface area contributed by atoms with Gasteiger partial charge in [0.2, 0.25) is 11.8 Å². The number of urea groups is 1. The third kappa shape index (κ3) is 8.88. The monoisotopic (exact) mass is 618 g/mol. The molecule has 3 aromatic rings. The minimum Gasteiger partial charge on any atom is -0.447 e. The lowest BCUT2D eigenvalue weighted by atomic mass is 10.1. The molecule has 1 aromatic heterocycles. The van der Waals surface area contributed by atoms with E-state index in [1.165, 1.54) is 48.3 Å². The van der Waals surface area contributed by atoms with Gasteiger partial charge in [0.05, 0.1) is 11.1 Å². The second-order valence-electron chi connectivity index (χ2n) is 10.2. The van der Waals surface area contributed by atoms with Crippen LogP contribution in [0, 0.1) is 11.6 Å². The normalized spacial score (nSPS) is 14.2. The Bertz CT molecular complexity index is 1430. The Kier molecular flexibility index (Phi) is 10.9. The number of hydrogen-bond acceptors (Lipinski definition) is 7. The maximum Gasteiger partial charge on any atom is 0.414 e. The van der Waals surface area contributed by atoms with Crippen LogP contribution in [0.1, 0.15) is 18.4 Å². The van der Waals surface area contributed by atoms with Crippen LogP contribution in [-0.2, 0) is 16.1 Å². The van der Waals surface area contributed by atoms with Gasteiger partial charge in [-0.15, -0.1) is 0 Å². The van der Waals surface area contributed by atoms with Crippen LogP contribution >= 0.6 is 11.6 Å². The largest absolute Gasteiger partial charge is 0.447 e. The maximum absolute atomic E-state index is 13.8. The molecular formula is C29H33ClF2N6O5. The van der Waals surface area contributed by atoms with E-state index in [-0.39, 0.29) is 42.8 Å². The molecule has 4 amide bonds. The van der Waals surface area contributed by atoms with Crippen molar-refractivity contribution in [2.24, 2.45) is 0 Å². The fourth-order valence-electron chi connectivity index (χ4n) is 4.47. The summed E-state index contributed by atoms with van der Waals surface area (Å²) >= 11 is 6.00. The molecule has 0 aliphatic carbocycles. The Labute approximate surface area is 252 Å². The molecule has 230 valence electrons. The van der Waals surface area contributed by atoms with Gasteiger partial charge in [-0.05, 0) is 37.2 Å². The topological polar surface area (TPSA) is 120 Å². The van der Waals surface area contributed by atoms with E-state index in [0.29, 0.717) is 29.9 Å². The van der Waals surface area contributed by atoms with E-state index in [0.717, 1.165) is 13.1 Å². The molecule has 1 saturated heterocycles. The lowest BCUT2D eigenvalue weighted by Crippen LogP contribution is -2.48. The summed E-state index contributed by atoms with van der Waals surface area (Å²) < 4.78 is 37.8. The second kappa shape index (κ2) is 14.8. The van der Waals surface area contributed by atoms with Gasteiger partial charge in [-0.1, -0.05) is 41.0 Å². The number of nitrogens with one attached hydrogen (secondary N) is 2. The number of benzene rings is 2. The summed E-state index contributed by atoms with van der Waals surface area (Å²) in [6.45, 7) is 2.49. The molecule has 1 aliphatic rings. The predicted molar refractivity (Wildman–Crippen MR) is 155 cm³/mol. The highest BCUT2D eigenvalue weighted by Gasteiger charge is 2.26. The zero-order valence-corrected chi connectivity index (χ0v) is 24.6. The number of ether oxygens (including phenoxy) is 1. The van der Waals surface area contributed by atoms with Crippen molar-refractivity contribution in [1.29, 1.82) is 0 Å². The SMILES string of the molecule is CN1CCN(C(=O)CC[C@@H](COC(=O)Nc2cc(-c3cccc(F)c3)no2)N(C)C(=O)NCc2cccc(F)c2Cl)CC1. The lowest BCUT2D eigenvalue weighted by molar-refractivity contribution is -0.133. The van der Waals surface area contributed by atoms with Crippen LogP contribution in [0.3, 0.4) is 0 Å². The minimum atomic E-state index is -0.877. The third-order valence-electron chi connectivity index (χ3n) is 7.14.